The molecule has 0 saturated heterocycles. The van der Waals surface area contributed by atoms with Crippen LogP contribution in [-0.2, 0) is 0 Å². The van der Waals surface area contributed by atoms with Crippen molar-refractivity contribution in [2.45, 2.75) is 31.7 Å². The van der Waals surface area contributed by atoms with Crippen molar-refractivity contribution in [2.75, 3.05) is 0 Å². The number of halogens is 2. The number of rotatable bonds is 9. The lowest BCUT2D eigenvalue weighted by atomic mass is 9.98. The molecule has 26 heavy (non-hydrogen) atoms. The van der Waals surface area contributed by atoms with E-state index in [1.165, 1.54) is 0 Å². The fraction of sp³-hybridized carbons (Fsp3) is 0.263. The Hall–Kier alpha value is -1.86. The van der Waals surface area contributed by atoms with Crippen molar-refractivity contribution < 1.29 is 14.5 Å². The zero-order chi connectivity index (χ0) is 19.1. The van der Waals surface area contributed by atoms with Crippen LogP contribution in [0, 0.1) is 10.1 Å². The lowest BCUT2D eigenvalue weighted by Crippen LogP contribution is -2.22. The van der Waals surface area contributed by atoms with E-state index in [2.05, 4.69) is 31.9 Å². The predicted octanol–water partition coefficient (Wildman–Crippen LogP) is 5.48. The summed E-state index contributed by atoms with van der Waals surface area (Å²) in [6, 6.07) is 13.1. The van der Waals surface area contributed by atoms with Gasteiger partial charge < -0.3 is 0 Å². The van der Waals surface area contributed by atoms with Gasteiger partial charge in [-0.2, -0.15) is 0 Å². The fourth-order valence-electron chi connectivity index (χ4n) is 2.59. The Morgan fingerprint density at radius 1 is 0.846 bits per heavy atom. The first-order chi connectivity index (χ1) is 12.4. The molecule has 0 aliphatic carbocycles. The summed E-state index contributed by atoms with van der Waals surface area (Å²) in [4.78, 5) is 35.4. The quantitative estimate of drug-likeness (QED) is 0.269. The van der Waals surface area contributed by atoms with E-state index in [0.717, 1.165) is 0 Å². The van der Waals surface area contributed by atoms with E-state index in [1.54, 1.807) is 48.5 Å². The Kier molecular flexibility index (Phi) is 7.66. The second-order valence-corrected chi connectivity index (χ2v) is 7.53. The molecule has 0 aliphatic heterocycles. The maximum absolute atomic E-state index is 12.3. The van der Waals surface area contributed by atoms with Crippen LogP contribution in [0.15, 0.2) is 57.5 Å². The van der Waals surface area contributed by atoms with Gasteiger partial charge >= 0.3 is 0 Å². The van der Waals surface area contributed by atoms with Gasteiger partial charge in [0.25, 0.3) is 0 Å². The average molecular weight is 483 g/mol. The highest BCUT2D eigenvalue weighted by atomic mass is 79.9. The second-order valence-electron chi connectivity index (χ2n) is 5.82. The first-order valence-corrected chi connectivity index (χ1v) is 9.67. The smallest absolute Gasteiger partial charge is 0.214 e. The summed E-state index contributed by atoms with van der Waals surface area (Å²) in [5.74, 6) is -0.303. The van der Waals surface area contributed by atoms with Crippen LogP contribution in [-0.4, -0.2) is 22.5 Å². The van der Waals surface area contributed by atoms with Gasteiger partial charge in [0.2, 0.25) is 6.04 Å². The number of carbonyl (C=O) groups excluding carboxylic acids is 2. The number of Topliss-reactive ketones (excluding diaryl/α,β-unsaturated/α-hetero) is 2. The fourth-order valence-corrected chi connectivity index (χ4v) is 3.61. The van der Waals surface area contributed by atoms with Crippen molar-refractivity contribution >= 4 is 43.4 Å². The van der Waals surface area contributed by atoms with Crippen molar-refractivity contribution in [2.24, 2.45) is 0 Å². The highest BCUT2D eigenvalue weighted by Crippen LogP contribution is 2.22. The number of hydrogen-bond donors (Lipinski definition) is 0. The monoisotopic (exact) mass is 481 g/mol. The van der Waals surface area contributed by atoms with Crippen molar-refractivity contribution in [1.82, 2.24) is 0 Å². The van der Waals surface area contributed by atoms with Crippen molar-refractivity contribution in [3.05, 3.63) is 78.7 Å². The molecule has 5 nitrogen and oxygen atoms in total. The van der Waals surface area contributed by atoms with Gasteiger partial charge in [-0.15, -0.1) is 0 Å². The molecule has 0 saturated carbocycles. The molecule has 0 radical (unpaired) electrons. The van der Waals surface area contributed by atoms with Gasteiger partial charge in [0, 0.05) is 50.7 Å². The highest BCUT2D eigenvalue weighted by molar-refractivity contribution is 9.10. The molecular weight excluding hydrogens is 466 g/mol. The normalized spacial score (nSPS) is 10.7. The van der Waals surface area contributed by atoms with Crippen molar-refractivity contribution in [3.8, 4) is 0 Å². The summed E-state index contributed by atoms with van der Waals surface area (Å²) >= 11 is 6.62. The van der Waals surface area contributed by atoms with E-state index in [-0.39, 0.29) is 37.2 Å². The molecule has 0 atom stereocenters. The lowest BCUT2D eigenvalue weighted by Gasteiger charge is -2.10. The molecule has 0 unspecified atom stereocenters. The SMILES string of the molecule is O=C(CCC(CCC(=O)c1ccccc1Br)[N+](=O)[O-])c1ccccc1Br. The molecule has 7 heteroatoms. The summed E-state index contributed by atoms with van der Waals surface area (Å²) in [6.45, 7) is 0. The third kappa shape index (κ3) is 5.57. The van der Waals surface area contributed by atoms with Gasteiger partial charge in [0.15, 0.2) is 11.6 Å². The van der Waals surface area contributed by atoms with E-state index in [4.69, 9.17) is 0 Å². The number of nitrogens with zero attached hydrogens (tertiary/aromatic N) is 1. The van der Waals surface area contributed by atoms with Gasteiger partial charge in [0.1, 0.15) is 0 Å². The largest absolute Gasteiger partial charge is 0.294 e. The van der Waals surface area contributed by atoms with Crippen LogP contribution in [0.5, 0.6) is 0 Å². The first-order valence-electron chi connectivity index (χ1n) is 8.09. The van der Waals surface area contributed by atoms with Crippen LogP contribution in [0.4, 0.5) is 0 Å². The minimum absolute atomic E-state index is 0.0669. The molecule has 0 aromatic heterocycles. The van der Waals surface area contributed by atoms with E-state index in [0.29, 0.717) is 20.1 Å². The number of benzene rings is 2. The van der Waals surface area contributed by atoms with Crippen LogP contribution in [0.3, 0.4) is 0 Å². The highest BCUT2D eigenvalue weighted by Gasteiger charge is 2.24. The molecule has 0 amide bonds. The summed E-state index contributed by atoms with van der Waals surface area (Å²) in [6.07, 6.45) is 0.349. The third-order valence-electron chi connectivity index (χ3n) is 4.06. The molecule has 2 aromatic carbocycles. The summed E-state index contributed by atoms with van der Waals surface area (Å²) in [5.41, 5.74) is 1.03. The first kappa shape index (κ1) is 20.5. The molecule has 136 valence electrons. The van der Waals surface area contributed by atoms with Crippen LogP contribution >= 0.6 is 31.9 Å². The Bertz CT molecular complexity index is 761. The molecule has 0 fully saturated rings. The molecule has 0 aliphatic rings. The van der Waals surface area contributed by atoms with Gasteiger partial charge in [-0.1, -0.05) is 68.3 Å². The summed E-state index contributed by atoms with van der Waals surface area (Å²) in [5, 5.41) is 11.3. The maximum atomic E-state index is 12.3. The van der Waals surface area contributed by atoms with Crippen LogP contribution in [0.1, 0.15) is 46.4 Å². The number of carbonyl (C=O) groups is 2. The number of hydrogen-bond acceptors (Lipinski definition) is 4. The molecule has 0 bridgehead atoms. The van der Waals surface area contributed by atoms with E-state index in [1.807, 2.05) is 0 Å². The van der Waals surface area contributed by atoms with Crippen LogP contribution in [0.25, 0.3) is 0 Å². The average Bonchev–Trinajstić information content (AvgIpc) is 2.61. The molecule has 2 rings (SSSR count). The van der Waals surface area contributed by atoms with Crippen molar-refractivity contribution in [3.63, 3.8) is 0 Å². The molecule has 0 heterocycles. The predicted molar refractivity (Wildman–Crippen MR) is 106 cm³/mol. The topological polar surface area (TPSA) is 77.3 Å². The summed E-state index contributed by atoms with van der Waals surface area (Å²) < 4.78 is 1.35. The van der Waals surface area contributed by atoms with Gasteiger partial charge in [-0.05, 0) is 12.1 Å². The molecule has 0 N–H and O–H groups in total. The standard InChI is InChI=1S/C19H17Br2NO4/c20-16-7-3-1-5-14(16)18(23)11-9-13(22(25)26)10-12-19(24)15-6-2-4-8-17(15)21/h1-8,13H,9-12H2. The Morgan fingerprint density at radius 2 is 1.23 bits per heavy atom. The maximum Gasteiger partial charge on any atom is 0.214 e. The third-order valence-corrected chi connectivity index (χ3v) is 5.44. The second kappa shape index (κ2) is 9.73. The zero-order valence-corrected chi connectivity index (χ0v) is 17.0. The molecular formula is C19H17Br2NO4. The Balaban J connectivity index is 1.94. The van der Waals surface area contributed by atoms with E-state index in [9.17, 15) is 19.7 Å². The van der Waals surface area contributed by atoms with Crippen molar-refractivity contribution in [1.29, 1.82) is 0 Å². The summed E-state index contributed by atoms with van der Waals surface area (Å²) in [7, 11) is 0. The van der Waals surface area contributed by atoms with Gasteiger partial charge in [-0.25, -0.2) is 0 Å². The van der Waals surface area contributed by atoms with Crippen LogP contribution in [0.2, 0.25) is 0 Å². The zero-order valence-electron chi connectivity index (χ0n) is 13.9. The van der Waals surface area contributed by atoms with Crippen LogP contribution < -0.4 is 0 Å². The van der Waals surface area contributed by atoms with Gasteiger partial charge in [0.05, 0.1) is 0 Å². The Labute approximate surface area is 168 Å². The minimum Gasteiger partial charge on any atom is -0.294 e. The number of ketones is 2. The lowest BCUT2D eigenvalue weighted by molar-refractivity contribution is -0.524. The van der Waals surface area contributed by atoms with E-state index < -0.39 is 11.0 Å². The van der Waals surface area contributed by atoms with E-state index >= 15 is 0 Å². The Morgan fingerprint density at radius 3 is 1.58 bits per heavy atom. The molecule has 2 aromatic rings. The van der Waals surface area contributed by atoms with Gasteiger partial charge in [-0.3, -0.25) is 19.7 Å². The molecule has 0 spiro atoms. The number of nitro groups is 1. The minimum atomic E-state index is -0.923.